The van der Waals surface area contributed by atoms with Crippen LogP contribution in [0.25, 0.3) is 0 Å². The fourth-order valence-corrected chi connectivity index (χ4v) is 2.84. The Balaban J connectivity index is 3.19. The van der Waals surface area contributed by atoms with Gasteiger partial charge in [-0.3, -0.25) is 0 Å². The molecule has 0 aliphatic carbocycles. The molecule has 0 aliphatic heterocycles. The first-order chi connectivity index (χ1) is 10.2. The molecule has 1 aromatic heterocycles. The summed E-state index contributed by atoms with van der Waals surface area (Å²) in [4.78, 5) is 0.936. The fraction of sp³-hybridized carbons (Fsp3) is 0.286. The van der Waals surface area contributed by atoms with Gasteiger partial charge in [0.05, 0.1) is 36.4 Å². The lowest BCUT2D eigenvalue weighted by atomic mass is 9.93. The standard InChI is InChI=1S/C14H6N6S/c15-3-9(4-16)11(7-19)13-1-2-14(21-13)12(8-20)10(5-17)6-18/h1-2,9-12H. The first-order valence-corrected chi connectivity index (χ1v) is 6.45. The summed E-state index contributed by atoms with van der Waals surface area (Å²) >= 11 is 1.07. The van der Waals surface area contributed by atoms with Crippen molar-refractivity contribution in [1.29, 1.82) is 31.6 Å². The number of rotatable bonds is 4. The highest BCUT2D eigenvalue weighted by atomic mass is 32.1. The highest BCUT2D eigenvalue weighted by molar-refractivity contribution is 7.12. The molecule has 0 N–H and O–H groups in total. The van der Waals surface area contributed by atoms with Gasteiger partial charge in [0.2, 0.25) is 0 Å². The zero-order valence-electron chi connectivity index (χ0n) is 10.6. The molecule has 1 heterocycles. The molecule has 98 valence electrons. The molecule has 1 rings (SSSR count). The lowest BCUT2D eigenvalue weighted by Gasteiger charge is -2.07. The minimum absolute atomic E-state index is 0.468. The van der Waals surface area contributed by atoms with Gasteiger partial charge >= 0.3 is 0 Å². The first kappa shape index (κ1) is 15.7. The van der Waals surface area contributed by atoms with Crippen molar-refractivity contribution in [3.05, 3.63) is 21.9 Å². The van der Waals surface area contributed by atoms with Crippen LogP contribution in [-0.2, 0) is 0 Å². The molecule has 2 atom stereocenters. The molecule has 1 aromatic rings. The lowest BCUT2D eigenvalue weighted by Crippen LogP contribution is -2.06. The van der Waals surface area contributed by atoms with Crippen LogP contribution in [0.4, 0.5) is 0 Å². The largest absolute Gasteiger partial charge is 0.198 e. The van der Waals surface area contributed by atoms with Crippen LogP contribution in [0.2, 0.25) is 0 Å². The molecular weight excluding hydrogens is 284 g/mol. The van der Waals surface area contributed by atoms with Crippen molar-refractivity contribution >= 4 is 11.3 Å². The summed E-state index contributed by atoms with van der Waals surface area (Å²) in [5, 5.41) is 53.6. The van der Waals surface area contributed by atoms with Crippen LogP contribution in [-0.4, -0.2) is 0 Å². The molecule has 0 spiro atoms. The summed E-state index contributed by atoms with van der Waals surface area (Å²) in [6.07, 6.45) is 0. The van der Waals surface area contributed by atoms with Gasteiger partial charge < -0.3 is 0 Å². The van der Waals surface area contributed by atoms with E-state index in [1.54, 1.807) is 36.4 Å². The van der Waals surface area contributed by atoms with Gasteiger partial charge in [0.15, 0.2) is 11.8 Å². The first-order valence-electron chi connectivity index (χ1n) is 5.64. The van der Waals surface area contributed by atoms with Crippen LogP contribution in [0, 0.1) is 79.8 Å². The smallest absolute Gasteiger partial charge is 0.153 e. The van der Waals surface area contributed by atoms with E-state index in [4.69, 9.17) is 31.6 Å². The molecule has 21 heavy (non-hydrogen) atoms. The quantitative estimate of drug-likeness (QED) is 0.832. The third-order valence-electron chi connectivity index (χ3n) is 2.76. The van der Waals surface area contributed by atoms with Gasteiger partial charge in [-0.1, -0.05) is 0 Å². The molecule has 2 unspecified atom stereocenters. The van der Waals surface area contributed by atoms with Gasteiger partial charge in [-0.15, -0.1) is 11.3 Å². The Morgan fingerprint density at radius 3 is 1.19 bits per heavy atom. The maximum absolute atomic E-state index is 9.10. The van der Waals surface area contributed by atoms with E-state index in [1.165, 1.54) is 0 Å². The van der Waals surface area contributed by atoms with Crippen molar-refractivity contribution in [2.75, 3.05) is 0 Å². The topological polar surface area (TPSA) is 143 Å². The Labute approximate surface area is 125 Å². The molecule has 6 nitrogen and oxygen atoms in total. The van der Waals surface area contributed by atoms with Gasteiger partial charge in [-0.25, -0.2) is 0 Å². The molecule has 7 heteroatoms. The van der Waals surface area contributed by atoms with Gasteiger partial charge in [0.1, 0.15) is 11.8 Å². The molecule has 0 amide bonds. The monoisotopic (exact) mass is 290 g/mol. The molecule has 0 saturated carbocycles. The van der Waals surface area contributed by atoms with E-state index in [0.29, 0.717) is 9.75 Å². The maximum atomic E-state index is 9.10. The number of hydrogen-bond acceptors (Lipinski definition) is 7. The van der Waals surface area contributed by atoms with Crippen LogP contribution in [0.5, 0.6) is 0 Å². The van der Waals surface area contributed by atoms with E-state index in [0.717, 1.165) is 11.3 Å². The minimum atomic E-state index is -1.11. The predicted molar refractivity (Wildman–Crippen MR) is 70.5 cm³/mol. The van der Waals surface area contributed by atoms with E-state index in [-0.39, 0.29) is 0 Å². The average molecular weight is 290 g/mol. The molecule has 0 saturated heterocycles. The van der Waals surface area contributed by atoms with Crippen LogP contribution in [0.1, 0.15) is 21.6 Å². The fourth-order valence-electron chi connectivity index (χ4n) is 1.66. The second kappa shape index (κ2) is 7.28. The van der Waals surface area contributed by atoms with Crippen LogP contribution in [0.15, 0.2) is 12.1 Å². The van der Waals surface area contributed by atoms with Crippen molar-refractivity contribution in [3.8, 4) is 36.4 Å². The number of nitriles is 6. The summed E-state index contributed by atoms with van der Waals surface area (Å²) < 4.78 is 0. The molecule has 0 aromatic carbocycles. The summed E-state index contributed by atoms with van der Waals surface area (Å²) in [6.45, 7) is 0. The SMILES string of the molecule is N#CC(C#N)C(C#N)c1ccc(C(C#N)C(C#N)C#N)s1. The molecular formula is C14H6N6S. The Kier molecular flexibility index (Phi) is 5.44. The molecule has 0 aliphatic rings. The van der Waals surface area contributed by atoms with Crippen molar-refractivity contribution in [2.45, 2.75) is 11.8 Å². The molecule has 0 radical (unpaired) electrons. The molecule has 0 fully saturated rings. The average Bonchev–Trinajstić information content (AvgIpc) is 2.98. The minimum Gasteiger partial charge on any atom is -0.198 e. The van der Waals surface area contributed by atoms with E-state index in [2.05, 4.69) is 0 Å². The highest BCUT2D eigenvalue weighted by Crippen LogP contribution is 2.35. The van der Waals surface area contributed by atoms with E-state index in [9.17, 15) is 0 Å². The van der Waals surface area contributed by atoms with E-state index < -0.39 is 23.7 Å². The van der Waals surface area contributed by atoms with Crippen molar-refractivity contribution in [3.63, 3.8) is 0 Å². The van der Waals surface area contributed by atoms with Gasteiger partial charge in [0, 0.05) is 9.75 Å². The van der Waals surface area contributed by atoms with Crippen LogP contribution < -0.4 is 0 Å². The Morgan fingerprint density at radius 2 is 0.952 bits per heavy atom. The summed E-state index contributed by atoms with van der Waals surface area (Å²) in [7, 11) is 0. The Hall–Kier alpha value is -3.36. The second-order valence-corrected chi connectivity index (χ2v) is 5.07. The van der Waals surface area contributed by atoms with Crippen LogP contribution >= 0.6 is 11.3 Å². The van der Waals surface area contributed by atoms with Crippen molar-refractivity contribution < 1.29 is 0 Å². The summed E-state index contributed by atoms with van der Waals surface area (Å²) in [5.74, 6) is -4.05. The van der Waals surface area contributed by atoms with Gasteiger partial charge in [-0.2, -0.15) is 31.6 Å². The third-order valence-corrected chi connectivity index (χ3v) is 4.01. The van der Waals surface area contributed by atoms with Gasteiger partial charge in [-0.05, 0) is 12.1 Å². The van der Waals surface area contributed by atoms with Crippen molar-refractivity contribution in [1.82, 2.24) is 0 Å². The van der Waals surface area contributed by atoms with Gasteiger partial charge in [0.25, 0.3) is 0 Å². The van der Waals surface area contributed by atoms with E-state index >= 15 is 0 Å². The third kappa shape index (κ3) is 3.15. The number of thiophene rings is 1. The van der Waals surface area contributed by atoms with Crippen molar-refractivity contribution in [2.24, 2.45) is 11.8 Å². The summed E-state index contributed by atoms with van der Waals surface area (Å²) in [5.41, 5.74) is 0. The summed E-state index contributed by atoms with van der Waals surface area (Å²) in [6, 6.07) is 13.9. The Bertz CT molecular complexity index is 675. The maximum Gasteiger partial charge on any atom is 0.153 e. The van der Waals surface area contributed by atoms with E-state index in [1.807, 2.05) is 12.1 Å². The highest BCUT2D eigenvalue weighted by Gasteiger charge is 2.28. The molecule has 0 bridgehead atoms. The second-order valence-electron chi connectivity index (χ2n) is 3.93. The Morgan fingerprint density at radius 1 is 0.619 bits per heavy atom. The van der Waals surface area contributed by atoms with Crippen LogP contribution in [0.3, 0.4) is 0 Å². The number of hydrogen-bond donors (Lipinski definition) is 0. The lowest BCUT2D eigenvalue weighted by molar-refractivity contribution is 0.756. The predicted octanol–water partition coefficient (Wildman–Crippen LogP) is 2.29. The zero-order chi connectivity index (χ0) is 15.8. The zero-order valence-corrected chi connectivity index (χ0v) is 11.4. The number of nitrogens with zero attached hydrogens (tertiary/aromatic N) is 6. The normalized spacial score (nSPS) is 12.0.